The Balaban J connectivity index is 1.75. The number of carbonyl (C=O) groups is 1. The minimum atomic E-state index is -0.00166. The average Bonchev–Trinajstić information content (AvgIpc) is 2.47. The molecule has 0 aliphatic carbocycles. The zero-order valence-electron chi connectivity index (χ0n) is 11.5. The molecular formula is C15H20ClN3O. The predicted octanol–water partition coefficient (Wildman–Crippen LogP) is 2.35. The van der Waals surface area contributed by atoms with Crippen molar-refractivity contribution in [2.45, 2.75) is 6.54 Å². The minimum Gasteiger partial charge on any atom is -0.334 e. The van der Waals surface area contributed by atoms with Crippen LogP contribution < -0.4 is 5.32 Å². The fourth-order valence-electron chi connectivity index (χ4n) is 2.21. The van der Waals surface area contributed by atoms with Gasteiger partial charge in [-0.2, -0.15) is 0 Å². The molecule has 0 atom stereocenters. The van der Waals surface area contributed by atoms with Crippen molar-refractivity contribution < 1.29 is 4.79 Å². The van der Waals surface area contributed by atoms with Crippen molar-refractivity contribution in [3.63, 3.8) is 0 Å². The summed E-state index contributed by atoms with van der Waals surface area (Å²) in [5.74, 6) is 0. The van der Waals surface area contributed by atoms with E-state index in [0.29, 0.717) is 11.6 Å². The van der Waals surface area contributed by atoms with E-state index < -0.39 is 0 Å². The lowest BCUT2D eigenvalue weighted by Crippen LogP contribution is -2.51. The maximum atomic E-state index is 12.1. The molecule has 1 N–H and O–H groups in total. The van der Waals surface area contributed by atoms with Crippen LogP contribution in [0.4, 0.5) is 4.79 Å². The molecule has 0 unspecified atom stereocenters. The van der Waals surface area contributed by atoms with Crippen molar-refractivity contribution in [3.8, 4) is 0 Å². The molecule has 1 aromatic carbocycles. The Bertz CT molecular complexity index is 453. The summed E-state index contributed by atoms with van der Waals surface area (Å²) < 4.78 is 0. The molecule has 0 saturated carbocycles. The lowest BCUT2D eigenvalue weighted by molar-refractivity contribution is 0.146. The molecule has 4 nitrogen and oxygen atoms in total. The number of amides is 2. The number of urea groups is 1. The summed E-state index contributed by atoms with van der Waals surface area (Å²) in [5.41, 5.74) is 1.05. The molecule has 0 aromatic heterocycles. The largest absolute Gasteiger partial charge is 0.334 e. The first-order valence-electron chi connectivity index (χ1n) is 6.79. The molecule has 5 heteroatoms. The van der Waals surface area contributed by atoms with Crippen LogP contribution in [0.15, 0.2) is 36.9 Å². The fourth-order valence-corrected chi connectivity index (χ4v) is 2.33. The van der Waals surface area contributed by atoms with Crippen molar-refractivity contribution in [2.24, 2.45) is 0 Å². The van der Waals surface area contributed by atoms with Crippen molar-refractivity contribution in [2.75, 3.05) is 32.7 Å². The van der Waals surface area contributed by atoms with Gasteiger partial charge in [-0.1, -0.05) is 29.8 Å². The van der Waals surface area contributed by atoms with Gasteiger partial charge in [0, 0.05) is 44.3 Å². The number of hydrogen-bond acceptors (Lipinski definition) is 2. The number of carbonyl (C=O) groups excluding carboxylic acids is 1. The van der Waals surface area contributed by atoms with E-state index in [1.54, 1.807) is 0 Å². The topological polar surface area (TPSA) is 35.6 Å². The van der Waals surface area contributed by atoms with Gasteiger partial charge in [0.15, 0.2) is 0 Å². The van der Waals surface area contributed by atoms with E-state index in [-0.39, 0.29) is 6.03 Å². The van der Waals surface area contributed by atoms with Crippen LogP contribution in [-0.2, 0) is 6.54 Å². The Labute approximate surface area is 125 Å². The van der Waals surface area contributed by atoms with Gasteiger partial charge in [0.05, 0.1) is 0 Å². The lowest BCUT2D eigenvalue weighted by Gasteiger charge is -2.34. The standard InChI is InChI=1S/C15H20ClN3O/c1-2-7-18-8-10-19(11-9-18)15(20)17-12-13-3-5-14(16)6-4-13/h2-6H,1,7-12H2,(H,17,20). The van der Waals surface area contributed by atoms with E-state index >= 15 is 0 Å². The highest BCUT2D eigenvalue weighted by atomic mass is 35.5. The summed E-state index contributed by atoms with van der Waals surface area (Å²) in [7, 11) is 0. The van der Waals surface area contributed by atoms with E-state index in [9.17, 15) is 4.79 Å². The van der Waals surface area contributed by atoms with Crippen molar-refractivity contribution >= 4 is 17.6 Å². The molecule has 1 fully saturated rings. The van der Waals surface area contributed by atoms with Crippen LogP contribution in [0.2, 0.25) is 5.02 Å². The van der Waals surface area contributed by atoms with Gasteiger partial charge in [0.25, 0.3) is 0 Å². The summed E-state index contributed by atoms with van der Waals surface area (Å²) in [6.45, 7) is 8.49. The third-order valence-corrected chi connectivity index (χ3v) is 3.66. The summed E-state index contributed by atoms with van der Waals surface area (Å²) in [5, 5.41) is 3.65. The summed E-state index contributed by atoms with van der Waals surface area (Å²) in [4.78, 5) is 16.2. The number of hydrogen-bond donors (Lipinski definition) is 1. The Morgan fingerprint density at radius 3 is 2.50 bits per heavy atom. The van der Waals surface area contributed by atoms with Gasteiger partial charge in [-0.3, -0.25) is 4.90 Å². The molecule has 0 radical (unpaired) electrons. The Kier molecular flexibility index (Phi) is 5.44. The van der Waals surface area contributed by atoms with Crippen molar-refractivity contribution in [1.29, 1.82) is 0 Å². The number of nitrogens with one attached hydrogen (secondary N) is 1. The Morgan fingerprint density at radius 2 is 1.90 bits per heavy atom. The first-order valence-corrected chi connectivity index (χ1v) is 7.17. The first kappa shape index (κ1) is 14.9. The Hall–Kier alpha value is -1.52. The highest BCUT2D eigenvalue weighted by molar-refractivity contribution is 6.30. The molecule has 1 heterocycles. The second-order valence-corrected chi connectivity index (χ2v) is 5.30. The van der Waals surface area contributed by atoms with Gasteiger partial charge < -0.3 is 10.2 Å². The average molecular weight is 294 g/mol. The van der Waals surface area contributed by atoms with E-state index in [0.717, 1.165) is 38.3 Å². The van der Waals surface area contributed by atoms with E-state index in [1.165, 1.54) is 0 Å². The van der Waals surface area contributed by atoms with Gasteiger partial charge in [0.2, 0.25) is 0 Å². The third-order valence-electron chi connectivity index (χ3n) is 3.40. The molecular weight excluding hydrogens is 274 g/mol. The zero-order valence-corrected chi connectivity index (χ0v) is 12.3. The van der Waals surface area contributed by atoms with E-state index in [4.69, 9.17) is 11.6 Å². The smallest absolute Gasteiger partial charge is 0.317 e. The second kappa shape index (κ2) is 7.31. The molecule has 0 spiro atoms. The Morgan fingerprint density at radius 1 is 1.25 bits per heavy atom. The van der Waals surface area contributed by atoms with E-state index in [1.807, 2.05) is 35.2 Å². The monoisotopic (exact) mass is 293 g/mol. The molecule has 108 valence electrons. The van der Waals surface area contributed by atoms with E-state index in [2.05, 4.69) is 16.8 Å². The molecule has 1 saturated heterocycles. The van der Waals surface area contributed by atoms with Gasteiger partial charge in [-0.15, -0.1) is 6.58 Å². The molecule has 2 rings (SSSR count). The SMILES string of the molecule is C=CCN1CCN(C(=O)NCc2ccc(Cl)cc2)CC1. The number of halogens is 1. The van der Waals surface area contributed by atoms with Crippen molar-refractivity contribution in [3.05, 3.63) is 47.5 Å². The summed E-state index contributed by atoms with van der Waals surface area (Å²) in [6.07, 6.45) is 1.90. The van der Waals surface area contributed by atoms with Gasteiger partial charge in [0.1, 0.15) is 0 Å². The van der Waals surface area contributed by atoms with Crippen LogP contribution >= 0.6 is 11.6 Å². The second-order valence-electron chi connectivity index (χ2n) is 4.86. The number of piperazine rings is 1. The predicted molar refractivity (Wildman–Crippen MR) is 81.9 cm³/mol. The molecule has 1 aliphatic rings. The maximum Gasteiger partial charge on any atom is 0.317 e. The lowest BCUT2D eigenvalue weighted by atomic mass is 10.2. The molecule has 0 bridgehead atoms. The number of nitrogens with zero attached hydrogens (tertiary/aromatic N) is 2. The van der Waals surface area contributed by atoms with Gasteiger partial charge in [-0.25, -0.2) is 4.79 Å². The molecule has 20 heavy (non-hydrogen) atoms. The van der Waals surface area contributed by atoms with Crippen LogP contribution in [-0.4, -0.2) is 48.6 Å². The van der Waals surface area contributed by atoms with Crippen LogP contribution in [0.25, 0.3) is 0 Å². The highest BCUT2D eigenvalue weighted by Gasteiger charge is 2.19. The summed E-state index contributed by atoms with van der Waals surface area (Å²) in [6, 6.07) is 7.50. The first-order chi connectivity index (χ1) is 9.69. The molecule has 1 aromatic rings. The van der Waals surface area contributed by atoms with Crippen LogP contribution in [0.3, 0.4) is 0 Å². The number of benzene rings is 1. The maximum absolute atomic E-state index is 12.1. The number of rotatable bonds is 4. The fraction of sp³-hybridized carbons (Fsp3) is 0.400. The van der Waals surface area contributed by atoms with Gasteiger partial charge >= 0.3 is 6.03 Å². The normalized spacial score (nSPS) is 15.9. The zero-order chi connectivity index (χ0) is 14.4. The third kappa shape index (κ3) is 4.25. The van der Waals surface area contributed by atoms with Crippen LogP contribution in [0.1, 0.15) is 5.56 Å². The minimum absolute atomic E-state index is 0.00166. The van der Waals surface area contributed by atoms with Crippen molar-refractivity contribution in [1.82, 2.24) is 15.1 Å². The van der Waals surface area contributed by atoms with Crippen LogP contribution in [0, 0.1) is 0 Å². The van der Waals surface area contributed by atoms with Crippen LogP contribution in [0.5, 0.6) is 0 Å². The van der Waals surface area contributed by atoms with Gasteiger partial charge in [-0.05, 0) is 17.7 Å². The highest BCUT2D eigenvalue weighted by Crippen LogP contribution is 2.09. The summed E-state index contributed by atoms with van der Waals surface area (Å²) >= 11 is 5.83. The molecule has 2 amide bonds. The molecule has 1 aliphatic heterocycles. The quantitative estimate of drug-likeness (QED) is 0.865.